The number of guanidine groups is 1. The van der Waals surface area contributed by atoms with Crippen LogP contribution in [0.15, 0.2) is 34.8 Å². The molecule has 25 heavy (non-hydrogen) atoms. The predicted molar refractivity (Wildman–Crippen MR) is 104 cm³/mol. The Hall–Kier alpha value is -1.86. The number of piperidine rings is 1. The molecule has 3 heterocycles. The smallest absolute Gasteiger partial charge is 0.191 e. The van der Waals surface area contributed by atoms with Gasteiger partial charge in [-0.2, -0.15) is 5.10 Å². The van der Waals surface area contributed by atoms with Crippen LogP contribution >= 0.6 is 11.3 Å². The van der Waals surface area contributed by atoms with Gasteiger partial charge in [-0.15, -0.1) is 11.3 Å². The molecule has 0 saturated carbocycles. The lowest BCUT2D eigenvalue weighted by molar-refractivity contribution is 0.125. The van der Waals surface area contributed by atoms with E-state index in [1.807, 2.05) is 17.4 Å². The van der Waals surface area contributed by atoms with Gasteiger partial charge in [0.15, 0.2) is 5.96 Å². The molecule has 0 aliphatic carbocycles. The van der Waals surface area contributed by atoms with Crippen LogP contribution in [0, 0.1) is 5.92 Å². The molecule has 0 bridgehead atoms. The molecule has 0 radical (unpaired) electrons. The van der Waals surface area contributed by atoms with Crippen LogP contribution in [0.1, 0.15) is 36.4 Å². The van der Waals surface area contributed by atoms with Crippen molar-refractivity contribution in [3.8, 4) is 0 Å². The second-order valence-electron chi connectivity index (χ2n) is 6.50. The van der Waals surface area contributed by atoms with E-state index >= 15 is 0 Å². The van der Waals surface area contributed by atoms with E-state index in [4.69, 9.17) is 0 Å². The topological polar surface area (TPSA) is 68.3 Å². The number of H-pyrrole nitrogens is 1. The number of nitrogens with one attached hydrogen (secondary N) is 3. The number of aliphatic imine (C=N–C) groups is 1. The molecule has 3 N–H and O–H groups in total. The molecule has 2 unspecified atom stereocenters. The Morgan fingerprint density at radius 2 is 2.36 bits per heavy atom. The molecule has 2 atom stereocenters. The molecular weight excluding hydrogens is 332 g/mol. The van der Waals surface area contributed by atoms with E-state index in [1.54, 1.807) is 6.20 Å². The van der Waals surface area contributed by atoms with Gasteiger partial charge in [0.05, 0.1) is 12.2 Å². The summed E-state index contributed by atoms with van der Waals surface area (Å²) in [5.41, 5.74) is 1.02. The van der Waals surface area contributed by atoms with Crippen LogP contribution in [0.5, 0.6) is 0 Å². The number of rotatable bonds is 6. The van der Waals surface area contributed by atoms with Crippen LogP contribution in [-0.4, -0.2) is 47.7 Å². The number of hydrogen-bond donors (Lipinski definition) is 3. The van der Waals surface area contributed by atoms with Crippen molar-refractivity contribution in [2.24, 2.45) is 10.9 Å². The zero-order chi connectivity index (χ0) is 17.5. The summed E-state index contributed by atoms with van der Waals surface area (Å²) >= 11 is 1.86. The summed E-state index contributed by atoms with van der Waals surface area (Å²) in [4.78, 5) is 8.62. The number of aromatic nitrogens is 2. The SMILES string of the molecule is CCNC(=NCc1ccn[nH]1)NCC1CCCN(C)C1c1cccs1. The largest absolute Gasteiger partial charge is 0.357 e. The first-order valence-corrected chi connectivity index (χ1v) is 9.90. The van der Waals surface area contributed by atoms with Gasteiger partial charge in [-0.05, 0) is 56.8 Å². The Balaban J connectivity index is 1.63. The molecule has 136 valence electrons. The highest BCUT2D eigenvalue weighted by molar-refractivity contribution is 7.10. The van der Waals surface area contributed by atoms with Gasteiger partial charge < -0.3 is 10.6 Å². The Morgan fingerprint density at radius 1 is 1.44 bits per heavy atom. The van der Waals surface area contributed by atoms with Crippen molar-refractivity contribution in [1.29, 1.82) is 0 Å². The molecule has 1 saturated heterocycles. The minimum Gasteiger partial charge on any atom is -0.357 e. The van der Waals surface area contributed by atoms with Crippen molar-refractivity contribution in [2.45, 2.75) is 32.4 Å². The van der Waals surface area contributed by atoms with Crippen LogP contribution in [0.2, 0.25) is 0 Å². The normalized spacial score (nSPS) is 22.1. The third kappa shape index (κ3) is 4.83. The molecule has 1 aliphatic rings. The van der Waals surface area contributed by atoms with Crippen molar-refractivity contribution >= 4 is 17.3 Å². The predicted octanol–water partition coefficient (Wildman–Crippen LogP) is 2.61. The van der Waals surface area contributed by atoms with Crippen LogP contribution < -0.4 is 10.6 Å². The van der Waals surface area contributed by atoms with Crippen molar-refractivity contribution in [3.63, 3.8) is 0 Å². The van der Waals surface area contributed by atoms with Crippen molar-refractivity contribution < 1.29 is 0 Å². The van der Waals surface area contributed by atoms with E-state index in [-0.39, 0.29) is 0 Å². The van der Waals surface area contributed by atoms with Crippen LogP contribution in [-0.2, 0) is 6.54 Å². The Morgan fingerprint density at radius 3 is 3.08 bits per heavy atom. The maximum Gasteiger partial charge on any atom is 0.191 e. The molecular formula is C18H28N6S. The van der Waals surface area contributed by atoms with Gasteiger partial charge >= 0.3 is 0 Å². The number of thiophene rings is 1. The van der Waals surface area contributed by atoms with Gasteiger partial charge in [-0.1, -0.05) is 6.07 Å². The molecule has 2 aromatic heterocycles. The first-order chi connectivity index (χ1) is 12.3. The summed E-state index contributed by atoms with van der Waals surface area (Å²) < 4.78 is 0. The average molecular weight is 361 g/mol. The van der Waals surface area contributed by atoms with Crippen LogP contribution in [0.25, 0.3) is 0 Å². The lowest BCUT2D eigenvalue weighted by Crippen LogP contribution is -2.44. The fourth-order valence-corrected chi connectivity index (χ4v) is 4.47. The number of aromatic amines is 1. The van der Waals surface area contributed by atoms with Gasteiger partial charge in [0.2, 0.25) is 0 Å². The zero-order valence-corrected chi connectivity index (χ0v) is 15.9. The van der Waals surface area contributed by atoms with Gasteiger partial charge in [0.25, 0.3) is 0 Å². The van der Waals surface area contributed by atoms with Crippen molar-refractivity contribution in [1.82, 2.24) is 25.7 Å². The lowest BCUT2D eigenvalue weighted by atomic mass is 9.88. The van der Waals surface area contributed by atoms with E-state index in [0.29, 0.717) is 18.5 Å². The summed E-state index contributed by atoms with van der Waals surface area (Å²) in [6.07, 6.45) is 4.26. The third-order valence-electron chi connectivity index (χ3n) is 4.68. The highest BCUT2D eigenvalue weighted by Crippen LogP contribution is 2.36. The summed E-state index contributed by atoms with van der Waals surface area (Å²) in [5, 5.41) is 16.0. The van der Waals surface area contributed by atoms with Crippen molar-refractivity contribution in [2.75, 3.05) is 26.7 Å². The minimum atomic E-state index is 0.497. The number of nitrogens with zero attached hydrogens (tertiary/aromatic N) is 3. The molecule has 0 aromatic carbocycles. The highest BCUT2D eigenvalue weighted by atomic mass is 32.1. The molecule has 0 spiro atoms. The standard InChI is InChI=1S/C18H28N6S/c1-3-19-18(21-13-15-8-9-22-23-15)20-12-14-6-4-10-24(2)17(14)16-7-5-11-25-16/h5,7-9,11,14,17H,3-4,6,10,12-13H2,1-2H3,(H,22,23)(H2,19,20,21). The van der Waals surface area contributed by atoms with E-state index in [1.165, 1.54) is 24.3 Å². The molecule has 1 fully saturated rings. The molecule has 1 aliphatic heterocycles. The Labute approximate surface area is 153 Å². The molecule has 2 aromatic rings. The summed E-state index contributed by atoms with van der Waals surface area (Å²) in [7, 11) is 2.24. The lowest BCUT2D eigenvalue weighted by Gasteiger charge is -2.39. The fraction of sp³-hybridized carbons (Fsp3) is 0.556. The summed E-state index contributed by atoms with van der Waals surface area (Å²) in [5.74, 6) is 1.46. The van der Waals surface area contributed by atoms with E-state index < -0.39 is 0 Å². The van der Waals surface area contributed by atoms with Crippen molar-refractivity contribution in [3.05, 3.63) is 40.3 Å². The van der Waals surface area contributed by atoms with E-state index in [9.17, 15) is 0 Å². The molecule has 6 nitrogen and oxygen atoms in total. The second kappa shape index (κ2) is 9.01. The Kier molecular flexibility index (Phi) is 6.47. The van der Waals surface area contributed by atoms with Gasteiger partial charge in [0, 0.05) is 30.2 Å². The Bertz CT molecular complexity index is 637. The first-order valence-electron chi connectivity index (χ1n) is 9.02. The van der Waals surface area contributed by atoms with Gasteiger partial charge in [-0.25, -0.2) is 4.99 Å². The maximum absolute atomic E-state index is 4.66. The summed E-state index contributed by atoms with van der Waals surface area (Å²) in [6.45, 7) is 5.66. The number of hydrogen-bond acceptors (Lipinski definition) is 4. The third-order valence-corrected chi connectivity index (χ3v) is 5.63. The van der Waals surface area contributed by atoms with E-state index in [0.717, 1.165) is 24.7 Å². The monoisotopic (exact) mass is 360 g/mol. The molecule has 7 heteroatoms. The van der Waals surface area contributed by atoms with Crippen LogP contribution in [0.4, 0.5) is 0 Å². The average Bonchev–Trinajstić information content (AvgIpc) is 3.31. The van der Waals surface area contributed by atoms with Gasteiger partial charge in [0.1, 0.15) is 0 Å². The highest BCUT2D eigenvalue weighted by Gasteiger charge is 2.31. The first kappa shape index (κ1) is 17.9. The molecule has 3 rings (SSSR count). The summed E-state index contributed by atoms with van der Waals surface area (Å²) in [6, 6.07) is 6.87. The van der Waals surface area contributed by atoms with Gasteiger partial charge in [-0.3, -0.25) is 10.00 Å². The quantitative estimate of drug-likeness (QED) is 0.547. The zero-order valence-electron chi connectivity index (χ0n) is 15.0. The van der Waals surface area contributed by atoms with E-state index in [2.05, 4.69) is 62.2 Å². The minimum absolute atomic E-state index is 0.497. The maximum atomic E-state index is 4.66. The number of likely N-dealkylation sites (tertiary alicyclic amines) is 1. The van der Waals surface area contributed by atoms with Crippen LogP contribution in [0.3, 0.4) is 0 Å². The fourth-order valence-electron chi connectivity index (χ4n) is 3.49. The second-order valence-corrected chi connectivity index (χ2v) is 7.48. The molecule has 0 amide bonds.